The van der Waals surface area contributed by atoms with Crippen molar-refractivity contribution in [2.75, 3.05) is 0 Å². The highest BCUT2D eigenvalue weighted by atomic mass is 16.4. The SMILES string of the molecule is O=C(O)C1CC2(C=CC(O)C=C2)C(=O)N1. The molecule has 1 heterocycles. The fourth-order valence-corrected chi connectivity index (χ4v) is 1.87. The summed E-state index contributed by atoms with van der Waals surface area (Å²) in [7, 11) is 0. The molecule has 5 heteroatoms. The first kappa shape index (κ1) is 9.92. The topological polar surface area (TPSA) is 86.6 Å². The van der Waals surface area contributed by atoms with Crippen molar-refractivity contribution >= 4 is 11.9 Å². The lowest BCUT2D eigenvalue weighted by atomic mass is 9.81. The second-order valence-electron chi connectivity index (χ2n) is 3.82. The molecule has 1 fully saturated rings. The van der Waals surface area contributed by atoms with Crippen LogP contribution in [0.15, 0.2) is 24.3 Å². The summed E-state index contributed by atoms with van der Waals surface area (Å²) in [6.07, 6.45) is 5.62. The fourth-order valence-electron chi connectivity index (χ4n) is 1.87. The molecule has 1 atom stereocenters. The third kappa shape index (κ3) is 1.55. The smallest absolute Gasteiger partial charge is 0.326 e. The van der Waals surface area contributed by atoms with Crippen molar-refractivity contribution in [3.05, 3.63) is 24.3 Å². The Morgan fingerprint density at radius 3 is 2.53 bits per heavy atom. The van der Waals surface area contributed by atoms with Crippen LogP contribution in [0.2, 0.25) is 0 Å². The van der Waals surface area contributed by atoms with Crippen molar-refractivity contribution in [3.63, 3.8) is 0 Å². The van der Waals surface area contributed by atoms with Gasteiger partial charge >= 0.3 is 5.97 Å². The summed E-state index contributed by atoms with van der Waals surface area (Å²) in [6.45, 7) is 0. The van der Waals surface area contributed by atoms with Gasteiger partial charge in [0, 0.05) is 0 Å². The quantitative estimate of drug-likeness (QED) is 0.505. The number of carbonyl (C=O) groups excluding carboxylic acids is 1. The minimum Gasteiger partial charge on any atom is -0.480 e. The molecule has 80 valence electrons. The zero-order valence-corrected chi connectivity index (χ0v) is 7.88. The van der Waals surface area contributed by atoms with Crippen molar-refractivity contribution in [1.29, 1.82) is 0 Å². The maximum atomic E-state index is 11.6. The van der Waals surface area contributed by atoms with Gasteiger partial charge in [-0.05, 0) is 6.42 Å². The normalized spacial score (nSPS) is 38.3. The molecule has 5 nitrogen and oxygen atoms in total. The molecule has 0 bridgehead atoms. The molecule has 0 radical (unpaired) electrons. The summed E-state index contributed by atoms with van der Waals surface area (Å²) >= 11 is 0. The minimum atomic E-state index is -1.03. The van der Waals surface area contributed by atoms with Gasteiger partial charge in [0.15, 0.2) is 0 Å². The van der Waals surface area contributed by atoms with Crippen LogP contribution in [0, 0.1) is 5.41 Å². The molecule has 2 rings (SSSR count). The number of aliphatic hydroxyl groups is 1. The number of aliphatic hydroxyl groups excluding tert-OH is 1. The number of rotatable bonds is 1. The Morgan fingerprint density at radius 2 is 2.07 bits per heavy atom. The molecular weight excluding hydrogens is 198 g/mol. The summed E-state index contributed by atoms with van der Waals surface area (Å²) in [5, 5.41) is 20.4. The summed E-state index contributed by atoms with van der Waals surface area (Å²) in [5.74, 6) is -1.36. The number of carbonyl (C=O) groups is 2. The molecular formula is C10H11NO4. The van der Waals surface area contributed by atoms with Gasteiger partial charge in [0.1, 0.15) is 6.04 Å². The number of hydrogen-bond donors (Lipinski definition) is 3. The molecule has 15 heavy (non-hydrogen) atoms. The Balaban J connectivity index is 2.24. The second-order valence-corrected chi connectivity index (χ2v) is 3.82. The third-order valence-electron chi connectivity index (χ3n) is 2.75. The van der Waals surface area contributed by atoms with Gasteiger partial charge in [0.05, 0.1) is 11.5 Å². The lowest BCUT2D eigenvalue weighted by Crippen LogP contribution is -2.34. The number of carboxylic acids is 1. The van der Waals surface area contributed by atoms with E-state index in [4.69, 9.17) is 5.11 Å². The molecule has 0 aromatic carbocycles. The van der Waals surface area contributed by atoms with Gasteiger partial charge in [-0.3, -0.25) is 4.79 Å². The van der Waals surface area contributed by atoms with Crippen LogP contribution in [0.3, 0.4) is 0 Å². The zero-order valence-electron chi connectivity index (χ0n) is 7.88. The first-order chi connectivity index (χ1) is 7.03. The van der Waals surface area contributed by atoms with Crippen LogP contribution in [0.4, 0.5) is 0 Å². The average Bonchev–Trinajstić information content (AvgIpc) is 2.50. The highest BCUT2D eigenvalue weighted by Crippen LogP contribution is 2.35. The largest absolute Gasteiger partial charge is 0.480 e. The van der Waals surface area contributed by atoms with Crippen LogP contribution in [0.1, 0.15) is 6.42 Å². The Labute approximate surface area is 86.1 Å². The van der Waals surface area contributed by atoms with E-state index in [0.717, 1.165) is 0 Å². The van der Waals surface area contributed by atoms with Gasteiger partial charge in [-0.2, -0.15) is 0 Å². The minimum absolute atomic E-state index is 0.195. The highest BCUT2D eigenvalue weighted by molar-refractivity contribution is 5.94. The molecule has 1 aliphatic heterocycles. The van der Waals surface area contributed by atoms with E-state index in [1.54, 1.807) is 12.2 Å². The zero-order chi connectivity index (χ0) is 11.1. The molecule has 0 aromatic heterocycles. The maximum Gasteiger partial charge on any atom is 0.326 e. The molecule has 1 saturated heterocycles. The van der Waals surface area contributed by atoms with Crippen molar-refractivity contribution in [2.24, 2.45) is 5.41 Å². The molecule has 1 amide bonds. The van der Waals surface area contributed by atoms with Gasteiger partial charge in [0.25, 0.3) is 0 Å². The predicted molar refractivity (Wildman–Crippen MR) is 50.9 cm³/mol. The molecule has 0 saturated carbocycles. The standard InChI is InChI=1S/C10H11NO4/c12-6-1-3-10(4-2-6)5-7(8(13)14)11-9(10)15/h1-4,6-7,12H,5H2,(H,11,15)(H,13,14). The molecule has 2 aliphatic rings. The van der Waals surface area contributed by atoms with Crippen LogP contribution < -0.4 is 5.32 Å². The van der Waals surface area contributed by atoms with Crippen LogP contribution in [0.25, 0.3) is 0 Å². The van der Waals surface area contributed by atoms with Gasteiger partial charge in [-0.1, -0.05) is 24.3 Å². The van der Waals surface area contributed by atoms with Crippen LogP contribution in [-0.2, 0) is 9.59 Å². The summed E-state index contributed by atoms with van der Waals surface area (Å²) in [4.78, 5) is 22.3. The van der Waals surface area contributed by atoms with Gasteiger partial charge in [-0.25, -0.2) is 4.79 Å². The molecule has 0 aromatic rings. The van der Waals surface area contributed by atoms with Gasteiger partial charge in [-0.15, -0.1) is 0 Å². The van der Waals surface area contributed by atoms with Crippen LogP contribution in [0.5, 0.6) is 0 Å². The third-order valence-corrected chi connectivity index (χ3v) is 2.75. The Morgan fingerprint density at radius 1 is 1.47 bits per heavy atom. The molecule has 1 unspecified atom stereocenters. The highest BCUT2D eigenvalue weighted by Gasteiger charge is 2.46. The molecule has 1 spiro atoms. The van der Waals surface area contributed by atoms with E-state index in [9.17, 15) is 14.7 Å². The Hall–Kier alpha value is -1.62. The van der Waals surface area contributed by atoms with Crippen molar-refractivity contribution in [1.82, 2.24) is 5.32 Å². The first-order valence-corrected chi connectivity index (χ1v) is 4.64. The van der Waals surface area contributed by atoms with Gasteiger partial charge in [0.2, 0.25) is 5.91 Å². The number of carboxylic acid groups (broad SMARTS) is 1. The molecule has 3 N–H and O–H groups in total. The average molecular weight is 209 g/mol. The van der Waals surface area contributed by atoms with E-state index in [1.165, 1.54) is 12.2 Å². The number of aliphatic carboxylic acids is 1. The monoisotopic (exact) mass is 209 g/mol. The van der Waals surface area contributed by atoms with Crippen LogP contribution in [-0.4, -0.2) is 34.2 Å². The number of amides is 1. The molecule has 1 aliphatic carbocycles. The summed E-state index contributed by atoms with van der Waals surface area (Å²) < 4.78 is 0. The second kappa shape index (κ2) is 3.20. The van der Waals surface area contributed by atoms with Crippen LogP contribution >= 0.6 is 0 Å². The summed E-state index contributed by atoms with van der Waals surface area (Å²) in [5.41, 5.74) is -0.887. The first-order valence-electron chi connectivity index (χ1n) is 4.64. The number of nitrogens with one attached hydrogen (secondary N) is 1. The van der Waals surface area contributed by atoms with E-state index in [1.807, 2.05) is 0 Å². The van der Waals surface area contributed by atoms with E-state index >= 15 is 0 Å². The lowest BCUT2D eigenvalue weighted by Gasteiger charge is -2.21. The van der Waals surface area contributed by atoms with Gasteiger partial charge < -0.3 is 15.5 Å². The predicted octanol–water partition coefficient (Wildman–Crippen LogP) is -0.567. The maximum absolute atomic E-state index is 11.6. The lowest BCUT2D eigenvalue weighted by molar-refractivity contribution is -0.140. The van der Waals surface area contributed by atoms with Crippen molar-refractivity contribution in [2.45, 2.75) is 18.6 Å². The van der Waals surface area contributed by atoms with Crippen molar-refractivity contribution < 1.29 is 19.8 Å². The fraction of sp³-hybridized carbons (Fsp3) is 0.400. The summed E-state index contributed by atoms with van der Waals surface area (Å²) in [6, 6.07) is -0.845. The van der Waals surface area contributed by atoms with E-state index < -0.39 is 23.5 Å². The Bertz CT molecular complexity index is 358. The Kier molecular flexibility index (Phi) is 2.12. The van der Waals surface area contributed by atoms with E-state index in [-0.39, 0.29) is 12.3 Å². The van der Waals surface area contributed by atoms with E-state index in [2.05, 4.69) is 5.32 Å². The van der Waals surface area contributed by atoms with Crippen molar-refractivity contribution in [3.8, 4) is 0 Å². The van der Waals surface area contributed by atoms with E-state index in [0.29, 0.717) is 0 Å². The number of hydrogen-bond acceptors (Lipinski definition) is 3.